The minimum Gasteiger partial charge on any atom is -0.444 e. The molecule has 1 fully saturated rings. The number of nitrogen functional groups attached to an aromatic ring is 1. The predicted octanol–water partition coefficient (Wildman–Crippen LogP) is 5.47. The zero-order valence-corrected chi connectivity index (χ0v) is 22.0. The van der Waals surface area contributed by atoms with Crippen molar-refractivity contribution in [2.75, 3.05) is 18.8 Å². The number of amides is 1. The van der Waals surface area contributed by atoms with Gasteiger partial charge in [0.05, 0.1) is 4.92 Å². The molecular weight excluding hydrogens is 460 g/mol. The third-order valence-corrected chi connectivity index (χ3v) is 6.25. The fraction of sp³-hybridized carbons (Fsp3) is 0.500. The Morgan fingerprint density at radius 1 is 1.14 bits per heavy atom. The van der Waals surface area contributed by atoms with Crippen LogP contribution in [0, 0.1) is 24.0 Å². The number of carbonyl (C=O) groups is 1. The first kappa shape index (κ1) is 26.9. The number of aromatic nitrogens is 3. The molecule has 0 aliphatic carbocycles. The fourth-order valence-electron chi connectivity index (χ4n) is 4.23. The summed E-state index contributed by atoms with van der Waals surface area (Å²) in [4.78, 5) is 28.3. The highest BCUT2D eigenvalue weighted by molar-refractivity contribution is 5.79. The van der Waals surface area contributed by atoms with Gasteiger partial charge in [-0.3, -0.25) is 10.1 Å². The Balaban J connectivity index is 0.000000236. The van der Waals surface area contributed by atoms with E-state index in [9.17, 15) is 14.9 Å². The van der Waals surface area contributed by atoms with Crippen LogP contribution in [0.5, 0.6) is 0 Å². The lowest BCUT2D eigenvalue weighted by Gasteiger charge is -2.29. The lowest BCUT2D eigenvalue weighted by atomic mass is 9.93. The molecule has 194 valence electrons. The molecule has 0 atom stereocenters. The van der Waals surface area contributed by atoms with Gasteiger partial charge in [-0.25, -0.2) is 14.3 Å². The summed E-state index contributed by atoms with van der Waals surface area (Å²) >= 11 is 0. The maximum atomic E-state index is 11.5. The average Bonchev–Trinajstić information content (AvgIpc) is 3.30. The molecule has 1 aliphatic heterocycles. The van der Waals surface area contributed by atoms with Crippen molar-refractivity contribution in [3.63, 3.8) is 0 Å². The number of fused-ring (bicyclic) bond motifs is 1. The molecule has 2 N–H and O–H groups in total. The number of piperidine rings is 1. The van der Waals surface area contributed by atoms with Gasteiger partial charge in [-0.15, -0.1) is 0 Å². The molecule has 0 unspecified atom stereocenters. The molecule has 0 radical (unpaired) electrons. The lowest BCUT2D eigenvalue weighted by molar-refractivity contribution is -0.383. The monoisotopic (exact) mass is 496 g/mol. The molecule has 4 rings (SSSR count). The summed E-state index contributed by atoms with van der Waals surface area (Å²) < 4.78 is 6.96. The van der Waals surface area contributed by atoms with Gasteiger partial charge in [0, 0.05) is 30.9 Å². The number of nitro groups is 1. The molecule has 2 aromatic heterocycles. The zero-order valence-electron chi connectivity index (χ0n) is 22.0. The molecule has 0 saturated carbocycles. The Kier molecular flexibility index (Phi) is 8.17. The number of nitro benzene ring substituents is 1. The molecule has 36 heavy (non-hydrogen) atoms. The first-order valence-corrected chi connectivity index (χ1v) is 12.3. The molecule has 1 aromatic carbocycles. The van der Waals surface area contributed by atoms with Crippen molar-refractivity contribution in [1.29, 1.82) is 0 Å². The summed E-state index contributed by atoms with van der Waals surface area (Å²) in [6, 6.07) is 3.24. The number of likely N-dealkylation sites (tertiary alicyclic amines) is 1. The van der Waals surface area contributed by atoms with E-state index >= 15 is 0 Å². The van der Waals surface area contributed by atoms with E-state index in [0.29, 0.717) is 0 Å². The largest absolute Gasteiger partial charge is 0.444 e. The van der Waals surface area contributed by atoms with Crippen LogP contribution in [0.15, 0.2) is 24.7 Å². The first-order chi connectivity index (χ1) is 16.9. The Morgan fingerprint density at radius 2 is 1.81 bits per heavy atom. The third-order valence-electron chi connectivity index (χ3n) is 6.25. The second-order valence-electron chi connectivity index (χ2n) is 10.0. The standard InChI is InChI=1S/C16H17N5O2.C10H19NO2/c1-4-11-5-14(17)15(21(22)23)6-12(11)13-7-20-16(18-8-19-20)10(3)9(13)2;1-10(2,3)13-9(12)11-7-5-4-6-8-11/h5-8H,4,17H2,1-3H3;4-8H2,1-3H3. The number of ether oxygens (including phenoxy) is 1. The molecule has 1 amide bonds. The van der Waals surface area contributed by atoms with Crippen LogP contribution in [0.1, 0.15) is 63.6 Å². The Hall–Kier alpha value is -3.69. The smallest absolute Gasteiger partial charge is 0.410 e. The maximum absolute atomic E-state index is 11.5. The molecule has 10 heteroatoms. The van der Waals surface area contributed by atoms with E-state index in [1.54, 1.807) is 21.5 Å². The fourth-order valence-corrected chi connectivity index (χ4v) is 4.23. The Morgan fingerprint density at radius 3 is 2.39 bits per heavy atom. The van der Waals surface area contributed by atoms with Crippen molar-refractivity contribution < 1.29 is 14.5 Å². The number of aryl methyl sites for hydroxylation is 2. The van der Waals surface area contributed by atoms with Crippen LogP contribution in [0.2, 0.25) is 0 Å². The summed E-state index contributed by atoms with van der Waals surface area (Å²) in [5.74, 6) is 0. The summed E-state index contributed by atoms with van der Waals surface area (Å²) in [6.45, 7) is 13.4. The number of benzene rings is 1. The SMILES string of the molecule is CC(C)(C)OC(=O)N1CCCCC1.CCc1cc(N)c([N+](=O)[O-])cc1-c1cn2ncnc2c(C)c1C. The number of pyridine rings is 1. The highest BCUT2D eigenvalue weighted by Gasteiger charge is 2.23. The Bertz CT molecular complexity index is 1260. The molecule has 3 aromatic rings. The van der Waals surface area contributed by atoms with E-state index in [2.05, 4.69) is 10.1 Å². The Labute approximate surface area is 211 Å². The van der Waals surface area contributed by atoms with Crippen LogP contribution in [-0.2, 0) is 11.2 Å². The van der Waals surface area contributed by atoms with Crippen molar-refractivity contribution >= 4 is 23.1 Å². The zero-order chi connectivity index (χ0) is 26.6. The van der Waals surface area contributed by atoms with Crippen LogP contribution in [0.4, 0.5) is 16.2 Å². The number of carbonyl (C=O) groups excluding carboxylic acids is 1. The highest BCUT2D eigenvalue weighted by atomic mass is 16.6. The van der Waals surface area contributed by atoms with Gasteiger partial charge in [0.25, 0.3) is 5.69 Å². The molecule has 0 bridgehead atoms. The molecule has 1 aliphatic rings. The summed E-state index contributed by atoms with van der Waals surface area (Å²) in [5.41, 5.74) is 11.1. The number of anilines is 1. The van der Waals surface area contributed by atoms with Crippen LogP contribution in [-0.4, -0.2) is 49.2 Å². The van der Waals surface area contributed by atoms with Gasteiger partial charge in [-0.2, -0.15) is 5.10 Å². The second kappa shape index (κ2) is 10.9. The van der Waals surface area contributed by atoms with E-state index in [4.69, 9.17) is 10.5 Å². The van der Waals surface area contributed by atoms with Gasteiger partial charge >= 0.3 is 6.09 Å². The van der Waals surface area contributed by atoms with Gasteiger partial charge in [0.2, 0.25) is 0 Å². The number of hydrogen-bond donors (Lipinski definition) is 1. The van der Waals surface area contributed by atoms with Crippen molar-refractivity contribution in [1.82, 2.24) is 19.5 Å². The van der Waals surface area contributed by atoms with Crippen molar-refractivity contribution in [2.45, 2.75) is 72.8 Å². The average molecular weight is 497 g/mol. The van der Waals surface area contributed by atoms with Crippen molar-refractivity contribution in [3.8, 4) is 11.1 Å². The molecule has 3 heterocycles. The van der Waals surface area contributed by atoms with Crippen LogP contribution in [0.3, 0.4) is 0 Å². The summed E-state index contributed by atoms with van der Waals surface area (Å²) in [6.07, 6.45) is 7.38. The summed E-state index contributed by atoms with van der Waals surface area (Å²) in [5, 5.41) is 15.4. The van der Waals surface area contributed by atoms with Gasteiger partial charge in [0.1, 0.15) is 17.6 Å². The van der Waals surface area contributed by atoms with E-state index in [1.165, 1.54) is 12.7 Å². The molecular formula is C26H36N6O4. The van der Waals surface area contributed by atoms with E-state index in [-0.39, 0.29) is 23.1 Å². The molecule has 1 saturated heterocycles. The van der Waals surface area contributed by atoms with E-state index in [0.717, 1.165) is 65.8 Å². The minimum absolute atomic E-state index is 0.0760. The number of nitrogens with two attached hydrogens (primary N) is 1. The number of hydrogen-bond acceptors (Lipinski definition) is 7. The van der Waals surface area contributed by atoms with E-state index in [1.807, 2.05) is 47.7 Å². The lowest BCUT2D eigenvalue weighted by Crippen LogP contribution is -2.39. The van der Waals surface area contributed by atoms with Gasteiger partial charge < -0.3 is 15.4 Å². The van der Waals surface area contributed by atoms with Crippen molar-refractivity contribution in [2.24, 2.45) is 0 Å². The van der Waals surface area contributed by atoms with Crippen LogP contribution < -0.4 is 5.73 Å². The van der Waals surface area contributed by atoms with Crippen LogP contribution in [0.25, 0.3) is 16.8 Å². The van der Waals surface area contributed by atoms with Gasteiger partial charge in [0.15, 0.2) is 5.65 Å². The quantitative estimate of drug-likeness (QED) is 0.289. The summed E-state index contributed by atoms with van der Waals surface area (Å²) in [7, 11) is 0. The van der Waals surface area contributed by atoms with Crippen molar-refractivity contribution in [3.05, 3.63) is 51.5 Å². The first-order valence-electron chi connectivity index (χ1n) is 12.3. The topological polar surface area (TPSA) is 129 Å². The number of nitrogens with zero attached hydrogens (tertiary/aromatic N) is 5. The van der Waals surface area contributed by atoms with Crippen LogP contribution >= 0.6 is 0 Å². The molecule has 0 spiro atoms. The normalized spacial score (nSPS) is 13.8. The third kappa shape index (κ3) is 6.10. The predicted molar refractivity (Wildman–Crippen MR) is 140 cm³/mol. The minimum atomic E-state index is -0.450. The van der Waals surface area contributed by atoms with Gasteiger partial charge in [-0.05, 0) is 88.6 Å². The molecule has 10 nitrogen and oxygen atoms in total. The maximum Gasteiger partial charge on any atom is 0.410 e. The second-order valence-corrected chi connectivity index (χ2v) is 10.0. The number of rotatable bonds is 3. The van der Waals surface area contributed by atoms with E-state index < -0.39 is 4.92 Å². The highest BCUT2D eigenvalue weighted by Crippen LogP contribution is 2.35. The van der Waals surface area contributed by atoms with Gasteiger partial charge in [-0.1, -0.05) is 6.92 Å².